The van der Waals surface area contributed by atoms with Gasteiger partial charge in [0.2, 0.25) is 0 Å². The van der Waals surface area contributed by atoms with Crippen molar-refractivity contribution in [1.82, 2.24) is 15.2 Å². The molecule has 124 valence electrons. The van der Waals surface area contributed by atoms with Crippen LogP contribution >= 0.6 is 0 Å². The Labute approximate surface area is 141 Å². The standard InChI is InChI=1S/C19H21N3O2/c23-19(21-18-8-7-14-4-1-2-6-17(14)18)22-11-9-16(13-22)24-15-5-3-10-20-12-15/h1-6,10,12,16,18H,7-9,11,13H2,(H,21,23). The minimum Gasteiger partial charge on any atom is -0.487 e. The van der Waals surface area contributed by atoms with Gasteiger partial charge in [0, 0.05) is 19.2 Å². The molecule has 1 aromatic carbocycles. The third-order valence-corrected chi connectivity index (χ3v) is 4.80. The molecule has 2 aromatic rings. The van der Waals surface area contributed by atoms with Crippen LogP contribution in [0.3, 0.4) is 0 Å². The SMILES string of the molecule is O=C(NC1CCc2ccccc21)N1CCC(Oc2cccnc2)C1. The number of carbonyl (C=O) groups is 1. The molecule has 1 fully saturated rings. The lowest BCUT2D eigenvalue weighted by Gasteiger charge is -2.21. The van der Waals surface area contributed by atoms with Gasteiger partial charge >= 0.3 is 6.03 Å². The molecule has 24 heavy (non-hydrogen) atoms. The maximum atomic E-state index is 12.6. The Morgan fingerprint density at radius 3 is 3.00 bits per heavy atom. The molecule has 5 nitrogen and oxygen atoms in total. The van der Waals surface area contributed by atoms with E-state index in [1.807, 2.05) is 23.1 Å². The Kier molecular flexibility index (Phi) is 4.07. The van der Waals surface area contributed by atoms with Crippen LogP contribution < -0.4 is 10.1 Å². The van der Waals surface area contributed by atoms with Gasteiger partial charge in [-0.05, 0) is 36.1 Å². The summed E-state index contributed by atoms with van der Waals surface area (Å²) in [6.07, 6.45) is 6.33. The smallest absolute Gasteiger partial charge is 0.318 e. The Hall–Kier alpha value is -2.56. The summed E-state index contributed by atoms with van der Waals surface area (Å²) in [4.78, 5) is 18.5. The van der Waals surface area contributed by atoms with Crippen molar-refractivity contribution in [3.63, 3.8) is 0 Å². The van der Waals surface area contributed by atoms with Crippen molar-refractivity contribution in [2.24, 2.45) is 0 Å². The summed E-state index contributed by atoms with van der Waals surface area (Å²) in [5, 5.41) is 3.18. The fraction of sp³-hybridized carbons (Fsp3) is 0.368. The molecule has 1 N–H and O–H groups in total. The topological polar surface area (TPSA) is 54.5 Å². The van der Waals surface area contributed by atoms with Gasteiger partial charge in [-0.2, -0.15) is 0 Å². The first kappa shape index (κ1) is 15.0. The number of fused-ring (bicyclic) bond motifs is 1. The summed E-state index contributed by atoms with van der Waals surface area (Å²) in [5.41, 5.74) is 2.61. The van der Waals surface area contributed by atoms with Gasteiger partial charge in [-0.1, -0.05) is 24.3 Å². The zero-order chi connectivity index (χ0) is 16.4. The molecule has 1 saturated heterocycles. The quantitative estimate of drug-likeness (QED) is 0.945. The molecule has 1 aliphatic carbocycles. The number of hydrogen-bond donors (Lipinski definition) is 1. The van der Waals surface area contributed by atoms with Crippen molar-refractivity contribution < 1.29 is 9.53 Å². The third kappa shape index (κ3) is 3.07. The first-order valence-electron chi connectivity index (χ1n) is 8.49. The van der Waals surface area contributed by atoms with Gasteiger partial charge in [-0.3, -0.25) is 4.98 Å². The normalized spacial score (nSPS) is 22.2. The van der Waals surface area contributed by atoms with E-state index in [-0.39, 0.29) is 18.2 Å². The highest BCUT2D eigenvalue weighted by molar-refractivity contribution is 5.75. The zero-order valence-corrected chi connectivity index (χ0v) is 13.5. The Balaban J connectivity index is 1.33. The van der Waals surface area contributed by atoms with Crippen molar-refractivity contribution >= 4 is 6.03 Å². The summed E-state index contributed by atoms with van der Waals surface area (Å²) in [7, 11) is 0. The molecule has 0 radical (unpaired) electrons. The maximum absolute atomic E-state index is 12.6. The van der Waals surface area contributed by atoms with E-state index in [2.05, 4.69) is 28.5 Å². The Morgan fingerprint density at radius 2 is 2.12 bits per heavy atom. The number of carbonyl (C=O) groups excluding carboxylic acids is 1. The van der Waals surface area contributed by atoms with Crippen molar-refractivity contribution in [3.8, 4) is 5.75 Å². The molecule has 2 heterocycles. The lowest BCUT2D eigenvalue weighted by molar-refractivity contribution is 0.184. The van der Waals surface area contributed by atoms with Crippen LogP contribution in [-0.2, 0) is 6.42 Å². The number of amides is 2. The monoisotopic (exact) mass is 323 g/mol. The van der Waals surface area contributed by atoms with E-state index in [0.717, 1.165) is 31.6 Å². The number of urea groups is 1. The average molecular weight is 323 g/mol. The van der Waals surface area contributed by atoms with Gasteiger partial charge in [-0.25, -0.2) is 4.79 Å². The molecule has 1 aliphatic heterocycles. The zero-order valence-electron chi connectivity index (χ0n) is 13.5. The van der Waals surface area contributed by atoms with Crippen molar-refractivity contribution in [2.45, 2.75) is 31.4 Å². The summed E-state index contributed by atoms with van der Waals surface area (Å²) in [6, 6.07) is 12.2. The van der Waals surface area contributed by atoms with E-state index in [9.17, 15) is 4.79 Å². The fourth-order valence-corrected chi connectivity index (χ4v) is 3.57. The average Bonchev–Trinajstić information content (AvgIpc) is 3.24. The molecule has 0 bridgehead atoms. The van der Waals surface area contributed by atoms with Crippen LogP contribution in [0, 0.1) is 0 Å². The number of rotatable bonds is 3. The second-order valence-corrected chi connectivity index (χ2v) is 6.40. The number of nitrogens with one attached hydrogen (secondary N) is 1. The van der Waals surface area contributed by atoms with Crippen LogP contribution in [0.25, 0.3) is 0 Å². The molecule has 1 aromatic heterocycles. The Bertz CT molecular complexity index is 720. The van der Waals surface area contributed by atoms with E-state index in [0.29, 0.717) is 6.54 Å². The number of pyridine rings is 1. The molecule has 2 aliphatic rings. The van der Waals surface area contributed by atoms with Crippen LogP contribution in [0.1, 0.15) is 30.0 Å². The second kappa shape index (κ2) is 6.51. The molecular formula is C19H21N3O2. The number of nitrogens with zero attached hydrogens (tertiary/aromatic N) is 2. The highest BCUT2D eigenvalue weighted by Crippen LogP contribution is 2.31. The molecule has 5 heteroatoms. The number of benzene rings is 1. The second-order valence-electron chi connectivity index (χ2n) is 6.40. The fourth-order valence-electron chi connectivity index (χ4n) is 3.57. The molecule has 0 saturated carbocycles. The van der Waals surface area contributed by atoms with E-state index in [1.165, 1.54) is 11.1 Å². The number of aromatic nitrogens is 1. The number of hydrogen-bond acceptors (Lipinski definition) is 3. The van der Waals surface area contributed by atoms with E-state index < -0.39 is 0 Å². The van der Waals surface area contributed by atoms with Gasteiger partial charge < -0.3 is 15.0 Å². The summed E-state index contributed by atoms with van der Waals surface area (Å²) >= 11 is 0. The first-order valence-corrected chi connectivity index (χ1v) is 8.49. The van der Waals surface area contributed by atoms with Crippen molar-refractivity contribution in [2.75, 3.05) is 13.1 Å². The lowest BCUT2D eigenvalue weighted by Crippen LogP contribution is -2.40. The van der Waals surface area contributed by atoms with Gasteiger partial charge in [0.15, 0.2) is 0 Å². The predicted molar refractivity (Wildman–Crippen MR) is 90.9 cm³/mol. The molecule has 0 spiro atoms. The first-order chi connectivity index (χ1) is 11.8. The number of ether oxygens (including phenoxy) is 1. The molecule has 4 rings (SSSR count). The van der Waals surface area contributed by atoms with Crippen LogP contribution in [0.15, 0.2) is 48.8 Å². The summed E-state index contributed by atoms with van der Waals surface area (Å²) in [5.74, 6) is 0.759. The molecular weight excluding hydrogens is 302 g/mol. The lowest BCUT2D eigenvalue weighted by atomic mass is 10.1. The van der Waals surface area contributed by atoms with Crippen LogP contribution in [0.4, 0.5) is 4.79 Å². The predicted octanol–water partition coefficient (Wildman–Crippen LogP) is 2.93. The van der Waals surface area contributed by atoms with Gasteiger partial charge in [0.25, 0.3) is 0 Å². The number of aryl methyl sites for hydroxylation is 1. The third-order valence-electron chi connectivity index (χ3n) is 4.80. The number of likely N-dealkylation sites (tertiary alicyclic amines) is 1. The summed E-state index contributed by atoms with van der Waals surface area (Å²) < 4.78 is 5.90. The molecule has 2 atom stereocenters. The highest BCUT2D eigenvalue weighted by atomic mass is 16.5. The van der Waals surface area contributed by atoms with Crippen molar-refractivity contribution in [1.29, 1.82) is 0 Å². The molecule has 2 unspecified atom stereocenters. The highest BCUT2D eigenvalue weighted by Gasteiger charge is 2.30. The van der Waals surface area contributed by atoms with Crippen LogP contribution in [-0.4, -0.2) is 35.1 Å². The Morgan fingerprint density at radius 1 is 1.21 bits per heavy atom. The van der Waals surface area contributed by atoms with Gasteiger partial charge in [-0.15, -0.1) is 0 Å². The van der Waals surface area contributed by atoms with Crippen molar-refractivity contribution in [3.05, 3.63) is 59.9 Å². The van der Waals surface area contributed by atoms with Gasteiger partial charge in [0.1, 0.15) is 11.9 Å². The summed E-state index contributed by atoms with van der Waals surface area (Å²) in [6.45, 7) is 1.35. The van der Waals surface area contributed by atoms with E-state index >= 15 is 0 Å². The van der Waals surface area contributed by atoms with Crippen LogP contribution in [0.2, 0.25) is 0 Å². The minimum atomic E-state index is 0.00832. The van der Waals surface area contributed by atoms with Crippen LogP contribution in [0.5, 0.6) is 5.75 Å². The maximum Gasteiger partial charge on any atom is 0.318 e. The van der Waals surface area contributed by atoms with Gasteiger partial charge in [0.05, 0.1) is 18.8 Å². The minimum absolute atomic E-state index is 0.00832. The largest absolute Gasteiger partial charge is 0.487 e. The van der Waals surface area contributed by atoms with E-state index in [4.69, 9.17) is 4.74 Å². The van der Waals surface area contributed by atoms with E-state index in [1.54, 1.807) is 12.4 Å². The molecule has 2 amide bonds.